The van der Waals surface area contributed by atoms with Crippen molar-refractivity contribution >= 4 is 11.8 Å². The minimum atomic E-state index is -0.234. The summed E-state index contributed by atoms with van der Waals surface area (Å²) in [6.45, 7) is 4.25. The predicted octanol–water partition coefficient (Wildman–Crippen LogP) is 2.91. The second-order valence-corrected chi connectivity index (χ2v) is 5.83. The average molecular weight is 340 g/mol. The maximum atomic E-state index is 12.4. The molecule has 0 radical (unpaired) electrons. The Hall–Kier alpha value is -2.82. The van der Waals surface area contributed by atoms with Crippen LogP contribution in [-0.2, 0) is 11.3 Å². The van der Waals surface area contributed by atoms with Gasteiger partial charge in [0.2, 0.25) is 0 Å². The number of nitrogens with one attached hydrogen (secondary N) is 2. The van der Waals surface area contributed by atoms with Crippen LogP contribution in [0.3, 0.4) is 0 Å². The number of hydrogen-bond acceptors (Lipinski definition) is 3. The minimum absolute atomic E-state index is 0.0977. The van der Waals surface area contributed by atoms with Gasteiger partial charge in [-0.2, -0.15) is 0 Å². The highest BCUT2D eigenvalue weighted by Gasteiger charge is 2.13. The first kappa shape index (κ1) is 18.5. The largest absolute Gasteiger partial charge is 0.483 e. The smallest absolute Gasteiger partial charge is 0.258 e. The quantitative estimate of drug-likeness (QED) is 0.776. The van der Waals surface area contributed by atoms with Crippen LogP contribution in [0.15, 0.2) is 54.6 Å². The van der Waals surface area contributed by atoms with E-state index >= 15 is 0 Å². The lowest BCUT2D eigenvalue weighted by Crippen LogP contribution is -2.35. The maximum absolute atomic E-state index is 12.4. The molecule has 1 atom stereocenters. The summed E-state index contributed by atoms with van der Waals surface area (Å²) in [5.41, 5.74) is 1.43. The molecule has 0 heterocycles. The Bertz CT molecular complexity index is 701. The zero-order valence-corrected chi connectivity index (χ0v) is 14.6. The van der Waals surface area contributed by atoms with Gasteiger partial charge in [0.15, 0.2) is 6.61 Å². The van der Waals surface area contributed by atoms with Gasteiger partial charge < -0.3 is 15.4 Å². The van der Waals surface area contributed by atoms with Crippen molar-refractivity contribution in [1.82, 2.24) is 10.6 Å². The molecule has 2 aromatic carbocycles. The standard InChI is InChI=1S/C20H24N2O3/c1-3-15(2)22-19(23)14-25-18-12-8-7-11-17(18)20(24)21-13-16-9-5-4-6-10-16/h4-12,15H,3,13-14H2,1-2H3,(H,21,24)(H,22,23)/t15-/m1/s1. The van der Waals surface area contributed by atoms with E-state index in [0.717, 1.165) is 12.0 Å². The van der Waals surface area contributed by atoms with E-state index < -0.39 is 0 Å². The molecule has 0 bridgehead atoms. The van der Waals surface area contributed by atoms with Gasteiger partial charge >= 0.3 is 0 Å². The molecule has 0 saturated heterocycles. The molecule has 0 aromatic heterocycles. The molecule has 2 aromatic rings. The van der Waals surface area contributed by atoms with Crippen molar-refractivity contribution < 1.29 is 14.3 Å². The minimum Gasteiger partial charge on any atom is -0.483 e. The lowest BCUT2D eigenvalue weighted by molar-refractivity contribution is -0.123. The van der Waals surface area contributed by atoms with E-state index in [1.54, 1.807) is 24.3 Å². The lowest BCUT2D eigenvalue weighted by atomic mass is 10.1. The zero-order valence-electron chi connectivity index (χ0n) is 14.6. The van der Waals surface area contributed by atoms with Crippen LogP contribution in [0.2, 0.25) is 0 Å². The second kappa shape index (κ2) is 9.47. The molecule has 2 N–H and O–H groups in total. The van der Waals surface area contributed by atoms with Crippen LogP contribution in [-0.4, -0.2) is 24.5 Å². The van der Waals surface area contributed by atoms with Crippen LogP contribution >= 0.6 is 0 Å². The Balaban J connectivity index is 1.95. The van der Waals surface area contributed by atoms with E-state index in [2.05, 4.69) is 10.6 Å². The molecule has 0 saturated carbocycles. The summed E-state index contributed by atoms with van der Waals surface area (Å²) in [7, 11) is 0. The molecule has 132 valence electrons. The Morgan fingerprint density at radius 3 is 2.44 bits per heavy atom. The first-order valence-electron chi connectivity index (χ1n) is 8.43. The third-order valence-electron chi connectivity index (χ3n) is 3.81. The number of ether oxygens (including phenoxy) is 1. The molecular formula is C20H24N2O3. The van der Waals surface area contributed by atoms with E-state index in [-0.39, 0.29) is 24.5 Å². The summed E-state index contributed by atoms with van der Waals surface area (Å²) in [5, 5.41) is 5.70. The Kier molecular flexibility index (Phi) is 7.01. The monoisotopic (exact) mass is 340 g/mol. The number of carbonyl (C=O) groups excluding carboxylic acids is 2. The fourth-order valence-corrected chi connectivity index (χ4v) is 2.22. The molecule has 0 spiro atoms. The van der Waals surface area contributed by atoms with Crippen LogP contribution in [0.4, 0.5) is 0 Å². The number of carbonyl (C=O) groups is 2. The topological polar surface area (TPSA) is 67.4 Å². The van der Waals surface area contributed by atoms with E-state index in [1.165, 1.54) is 0 Å². The molecule has 25 heavy (non-hydrogen) atoms. The fraction of sp³-hybridized carbons (Fsp3) is 0.300. The number of benzene rings is 2. The molecular weight excluding hydrogens is 316 g/mol. The first-order valence-corrected chi connectivity index (χ1v) is 8.43. The molecule has 0 fully saturated rings. The van der Waals surface area contributed by atoms with Crippen LogP contribution in [0.1, 0.15) is 36.2 Å². The Labute approximate surface area is 148 Å². The van der Waals surface area contributed by atoms with E-state index in [9.17, 15) is 9.59 Å². The van der Waals surface area contributed by atoms with Crippen molar-refractivity contribution in [1.29, 1.82) is 0 Å². The number of para-hydroxylation sites is 1. The molecule has 2 rings (SSSR count). The summed E-state index contributed by atoms with van der Waals surface area (Å²) < 4.78 is 5.54. The third kappa shape index (κ3) is 5.95. The normalized spacial score (nSPS) is 11.4. The molecule has 2 amide bonds. The van der Waals surface area contributed by atoms with Crippen molar-refractivity contribution in [2.75, 3.05) is 6.61 Å². The summed E-state index contributed by atoms with van der Waals surface area (Å²) in [4.78, 5) is 24.3. The SMILES string of the molecule is CC[C@@H](C)NC(=O)COc1ccccc1C(=O)NCc1ccccc1. The van der Waals surface area contributed by atoms with Crippen molar-refractivity contribution in [2.24, 2.45) is 0 Å². The van der Waals surface area contributed by atoms with Crippen molar-refractivity contribution in [3.8, 4) is 5.75 Å². The first-order chi connectivity index (χ1) is 12.1. The zero-order chi connectivity index (χ0) is 18.1. The Morgan fingerprint density at radius 2 is 1.72 bits per heavy atom. The molecule has 0 aliphatic carbocycles. The van der Waals surface area contributed by atoms with Gasteiger partial charge in [-0.15, -0.1) is 0 Å². The van der Waals surface area contributed by atoms with Crippen molar-refractivity contribution in [3.63, 3.8) is 0 Å². The highest BCUT2D eigenvalue weighted by molar-refractivity contribution is 5.97. The second-order valence-electron chi connectivity index (χ2n) is 5.83. The predicted molar refractivity (Wildman–Crippen MR) is 97.4 cm³/mol. The van der Waals surface area contributed by atoms with Gasteiger partial charge in [-0.25, -0.2) is 0 Å². The summed E-state index contributed by atoms with van der Waals surface area (Å²) in [6.07, 6.45) is 0.851. The van der Waals surface area contributed by atoms with Gasteiger partial charge in [0.05, 0.1) is 5.56 Å². The lowest BCUT2D eigenvalue weighted by Gasteiger charge is -2.14. The van der Waals surface area contributed by atoms with Gasteiger partial charge in [-0.05, 0) is 31.0 Å². The number of rotatable bonds is 8. The van der Waals surface area contributed by atoms with Crippen molar-refractivity contribution in [2.45, 2.75) is 32.9 Å². The number of hydrogen-bond donors (Lipinski definition) is 2. The summed E-state index contributed by atoms with van der Waals surface area (Å²) >= 11 is 0. The summed E-state index contributed by atoms with van der Waals surface area (Å²) in [5.74, 6) is -0.0389. The molecule has 0 unspecified atom stereocenters. The van der Waals surface area contributed by atoms with Gasteiger partial charge in [0.1, 0.15) is 5.75 Å². The third-order valence-corrected chi connectivity index (χ3v) is 3.81. The van der Waals surface area contributed by atoms with Gasteiger partial charge in [-0.1, -0.05) is 49.4 Å². The van der Waals surface area contributed by atoms with Crippen LogP contribution < -0.4 is 15.4 Å². The van der Waals surface area contributed by atoms with Crippen LogP contribution in [0, 0.1) is 0 Å². The number of amides is 2. The van der Waals surface area contributed by atoms with Gasteiger partial charge in [-0.3, -0.25) is 9.59 Å². The molecule has 5 nitrogen and oxygen atoms in total. The van der Waals surface area contributed by atoms with Crippen molar-refractivity contribution in [3.05, 3.63) is 65.7 Å². The van der Waals surface area contributed by atoms with Gasteiger partial charge in [0, 0.05) is 12.6 Å². The van der Waals surface area contributed by atoms with E-state index in [4.69, 9.17) is 4.74 Å². The fourth-order valence-electron chi connectivity index (χ4n) is 2.22. The van der Waals surface area contributed by atoms with Gasteiger partial charge in [0.25, 0.3) is 11.8 Å². The molecule has 0 aliphatic heterocycles. The van der Waals surface area contributed by atoms with Crippen LogP contribution in [0.5, 0.6) is 5.75 Å². The van der Waals surface area contributed by atoms with E-state index in [1.807, 2.05) is 44.2 Å². The maximum Gasteiger partial charge on any atom is 0.258 e. The Morgan fingerprint density at radius 1 is 1.04 bits per heavy atom. The highest BCUT2D eigenvalue weighted by atomic mass is 16.5. The summed E-state index contributed by atoms with van der Waals surface area (Å²) in [6, 6.07) is 16.7. The molecule has 0 aliphatic rings. The van der Waals surface area contributed by atoms with Crippen LogP contribution in [0.25, 0.3) is 0 Å². The van der Waals surface area contributed by atoms with E-state index in [0.29, 0.717) is 17.9 Å². The molecule has 5 heteroatoms. The highest BCUT2D eigenvalue weighted by Crippen LogP contribution is 2.18. The average Bonchev–Trinajstić information content (AvgIpc) is 2.65.